The van der Waals surface area contributed by atoms with Crippen LogP contribution in [0.15, 0.2) is 84.8 Å². The van der Waals surface area contributed by atoms with E-state index in [2.05, 4.69) is 51.9 Å². The Kier molecular flexibility index (Phi) is 7.25. The summed E-state index contributed by atoms with van der Waals surface area (Å²) in [4.78, 5) is 7.55. The molecule has 3 heterocycles. The molecule has 4 aromatic rings. The summed E-state index contributed by atoms with van der Waals surface area (Å²) in [5.41, 5.74) is 4.42. The van der Waals surface area contributed by atoms with Crippen LogP contribution in [0.2, 0.25) is 5.02 Å². The highest BCUT2D eigenvalue weighted by Gasteiger charge is 2.33. The zero-order chi connectivity index (χ0) is 25.9. The van der Waals surface area contributed by atoms with Gasteiger partial charge in [0.2, 0.25) is 6.79 Å². The Hall–Kier alpha value is -3.48. The molecule has 196 valence electrons. The van der Waals surface area contributed by atoms with Gasteiger partial charge < -0.3 is 18.8 Å². The average molecular weight is 530 g/mol. The minimum Gasteiger partial charge on any atom is -0.496 e. The van der Waals surface area contributed by atoms with Gasteiger partial charge in [0.15, 0.2) is 5.76 Å². The number of piperidine rings is 1. The molecule has 1 saturated heterocycles. The molecule has 6 nitrogen and oxygen atoms in total. The van der Waals surface area contributed by atoms with Crippen LogP contribution in [-0.2, 0) is 22.4 Å². The summed E-state index contributed by atoms with van der Waals surface area (Å²) in [5, 5.41) is 0.751. The number of halogens is 1. The molecule has 0 aliphatic carbocycles. The summed E-state index contributed by atoms with van der Waals surface area (Å²) in [6.45, 7) is 2.90. The van der Waals surface area contributed by atoms with Crippen molar-refractivity contribution in [1.82, 2.24) is 14.5 Å². The number of ether oxygens (including phenoxy) is 3. The van der Waals surface area contributed by atoms with Gasteiger partial charge in [-0.2, -0.15) is 0 Å². The van der Waals surface area contributed by atoms with Crippen LogP contribution < -0.4 is 4.74 Å². The SMILES string of the molecule is COc1ccccc1Cn1c(CC2CCN(C(C3=COCO3)c3ccccc3Cl)CC2)nc2ccccc21. The standard InChI is InChI=1S/C31H32ClN3O3/c1-36-28-13-7-2-8-23(28)19-35-27-12-6-5-11-26(27)33-30(35)18-22-14-16-34(17-15-22)31(29-20-37-21-38-29)24-9-3-4-10-25(24)32/h2-13,20,22,31H,14-19,21H2,1H3. The van der Waals surface area contributed by atoms with Crippen LogP contribution in [0.25, 0.3) is 11.0 Å². The van der Waals surface area contributed by atoms with Crippen LogP contribution in [0.1, 0.15) is 35.8 Å². The van der Waals surface area contributed by atoms with E-state index in [1.165, 1.54) is 0 Å². The molecule has 0 spiro atoms. The summed E-state index contributed by atoms with van der Waals surface area (Å²) in [5.74, 6) is 3.41. The number of fused-ring (bicyclic) bond motifs is 1. The normalized spacial score (nSPS) is 17.2. The zero-order valence-corrected chi connectivity index (χ0v) is 22.3. The van der Waals surface area contributed by atoms with Crippen molar-refractivity contribution in [2.24, 2.45) is 5.92 Å². The fourth-order valence-electron chi connectivity index (χ4n) is 5.76. The average Bonchev–Trinajstić information content (AvgIpc) is 3.60. The quantitative estimate of drug-likeness (QED) is 0.258. The summed E-state index contributed by atoms with van der Waals surface area (Å²) < 4.78 is 19.3. The summed E-state index contributed by atoms with van der Waals surface area (Å²) in [7, 11) is 1.73. The number of imidazole rings is 1. The predicted octanol–water partition coefficient (Wildman–Crippen LogP) is 6.59. The summed E-state index contributed by atoms with van der Waals surface area (Å²) >= 11 is 6.63. The van der Waals surface area contributed by atoms with Gasteiger partial charge >= 0.3 is 0 Å². The monoisotopic (exact) mass is 529 g/mol. The molecule has 0 radical (unpaired) electrons. The Morgan fingerprint density at radius 1 is 1.00 bits per heavy atom. The van der Waals surface area contributed by atoms with Gasteiger partial charge in [-0.1, -0.05) is 60.1 Å². The minimum atomic E-state index is -0.0396. The lowest BCUT2D eigenvalue weighted by Gasteiger charge is -2.37. The number of likely N-dealkylation sites (tertiary alicyclic amines) is 1. The number of nitrogens with zero attached hydrogens (tertiary/aromatic N) is 3. The first-order valence-electron chi connectivity index (χ1n) is 13.2. The molecule has 0 bridgehead atoms. The molecule has 0 amide bonds. The highest BCUT2D eigenvalue weighted by Crippen LogP contribution is 2.38. The van der Waals surface area contributed by atoms with E-state index in [1.54, 1.807) is 13.4 Å². The Labute approximate surface area is 228 Å². The second kappa shape index (κ2) is 11.1. The van der Waals surface area contributed by atoms with Gasteiger partial charge in [0.25, 0.3) is 0 Å². The van der Waals surface area contributed by atoms with E-state index in [0.717, 1.165) is 83.4 Å². The van der Waals surface area contributed by atoms with Gasteiger partial charge in [-0.25, -0.2) is 4.98 Å². The number of rotatable bonds is 8. The number of hydrogen-bond donors (Lipinski definition) is 0. The largest absolute Gasteiger partial charge is 0.496 e. The molecule has 2 aliphatic heterocycles. The van der Waals surface area contributed by atoms with Crippen LogP contribution in [0.4, 0.5) is 0 Å². The molecule has 38 heavy (non-hydrogen) atoms. The van der Waals surface area contributed by atoms with Crippen molar-refractivity contribution < 1.29 is 14.2 Å². The molecule has 7 heteroatoms. The van der Waals surface area contributed by atoms with Gasteiger partial charge in [0.1, 0.15) is 17.8 Å². The van der Waals surface area contributed by atoms with Gasteiger partial charge in [-0.3, -0.25) is 4.90 Å². The molecular formula is C31H32ClN3O3. The molecule has 2 aliphatic rings. The number of benzene rings is 3. The lowest BCUT2D eigenvalue weighted by Crippen LogP contribution is -2.38. The lowest BCUT2D eigenvalue weighted by atomic mass is 9.91. The molecule has 0 saturated carbocycles. The number of aromatic nitrogens is 2. The maximum atomic E-state index is 6.63. The minimum absolute atomic E-state index is 0.0396. The second-order valence-corrected chi connectivity index (χ2v) is 10.4. The summed E-state index contributed by atoms with van der Waals surface area (Å²) in [6.07, 6.45) is 4.83. The van der Waals surface area contributed by atoms with Crippen LogP contribution in [0.5, 0.6) is 5.75 Å². The fourth-order valence-corrected chi connectivity index (χ4v) is 6.00. The van der Waals surface area contributed by atoms with Crippen molar-refractivity contribution in [3.63, 3.8) is 0 Å². The zero-order valence-electron chi connectivity index (χ0n) is 21.6. The fraction of sp³-hybridized carbons (Fsp3) is 0.323. The van der Waals surface area contributed by atoms with Gasteiger partial charge in [-0.05, 0) is 61.7 Å². The molecule has 0 N–H and O–H groups in total. The number of methoxy groups -OCH3 is 1. The van der Waals surface area contributed by atoms with Crippen molar-refractivity contribution in [2.45, 2.75) is 31.8 Å². The highest BCUT2D eigenvalue weighted by molar-refractivity contribution is 6.31. The van der Waals surface area contributed by atoms with E-state index < -0.39 is 0 Å². The second-order valence-electron chi connectivity index (χ2n) is 9.97. The van der Waals surface area contributed by atoms with Crippen molar-refractivity contribution in [2.75, 3.05) is 27.0 Å². The number of para-hydroxylation sites is 3. The lowest BCUT2D eigenvalue weighted by molar-refractivity contribution is 0.0512. The maximum Gasteiger partial charge on any atom is 0.229 e. The predicted molar refractivity (Wildman–Crippen MR) is 149 cm³/mol. The van der Waals surface area contributed by atoms with Crippen molar-refractivity contribution >= 4 is 22.6 Å². The Morgan fingerprint density at radius 3 is 2.55 bits per heavy atom. The van der Waals surface area contributed by atoms with Crippen LogP contribution in [0, 0.1) is 5.92 Å². The molecular weight excluding hydrogens is 498 g/mol. The molecule has 1 unspecified atom stereocenters. The van der Waals surface area contributed by atoms with E-state index in [-0.39, 0.29) is 12.8 Å². The van der Waals surface area contributed by atoms with E-state index in [0.29, 0.717) is 5.92 Å². The van der Waals surface area contributed by atoms with E-state index in [1.807, 2.05) is 30.3 Å². The topological polar surface area (TPSA) is 48.8 Å². The van der Waals surface area contributed by atoms with Gasteiger partial charge in [0, 0.05) is 17.0 Å². The van der Waals surface area contributed by atoms with Crippen molar-refractivity contribution in [1.29, 1.82) is 0 Å². The van der Waals surface area contributed by atoms with Crippen LogP contribution in [0.3, 0.4) is 0 Å². The third-order valence-corrected chi connectivity index (χ3v) is 8.05. The van der Waals surface area contributed by atoms with Crippen LogP contribution >= 0.6 is 11.6 Å². The highest BCUT2D eigenvalue weighted by atomic mass is 35.5. The van der Waals surface area contributed by atoms with Crippen LogP contribution in [-0.4, -0.2) is 41.4 Å². The smallest absolute Gasteiger partial charge is 0.229 e. The first kappa shape index (κ1) is 24.8. The molecule has 1 fully saturated rings. The first-order valence-corrected chi connectivity index (χ1v) is 13.6. The Morgan fingerprint density at radius 2 is 1.76 bits per heavy atom. The van der Waals surface area contributed by atoms with E-state index in [4.69, 9.17) is 30.8 Å². The van der Waals surface area contributed by atoms with E-state index in [9.17, 15) is 0 Å². The van der Waals surface area contributed by atoms with E-state index >= 15 is 0 Å². The maximum absolute atomic E-state index is 6.63. The van der Waals surface area contributed by atoms with Gasteiger partial charge in [0.05, 0.1) is 30.7 Å². The molecule has 1 atom stereocenters. The third-order valence-electron chi connectivity index (χ3n) is 7.70. The molecule has 3 aromatic carbocycles. The summed E-state index contributed by atoms with van der Waals surface area (Å²) in [6, 6.07) is 24.6. The Bertz CT molecular complexity index is 1440. The van der Waals surface area contributed by atoms with Crippen molar-refractivity contribution in [3.05, 3.63) is 107 Å². The first-order chi connectivity index (χ1) is 18.7. The molecule has 1 aromatic heterocycles. The van der Waals surface area contributed by atoms with Gasteiger partial charge in [-0.15, -0.1) is 0 Å². The van der Waals surface area contributed by atoms with Crippen molar-refractivity contribution in [3.8, 4) is 5.75 Å². The third kappa shape index (κ3) is 4.98. The number of hydrogen-bond acceptors (Lipinski definition) is 5. The Balaban J connectivity index is 1.22. The molecule has 6 rings (SSSR count).